The van der Waals surface area contributed by atoms with Crippen molar-refractivity contribution in [3.8, 4) is 0 Å². The van der Waals surface area contributed by atoms with Gasteiger partial charge in [-0.15, -0.1) is 11.3 Å². The Bertz CT molecular complexity index is 660. The van der Waals surface area contributed by atoms with Crippen LogP contribution in [0.4, 0.5) is 0 Å². The molecule has 0 aliphatic rings. The summed E-state index contributed by atoms with van der Waals surface area (Å²) in [5.41, 5.74) is 0.928. The Morgan fingerprint density at radius 2 is 2.16 bits per heavy atom. The number of thiazole rings is 1. The van der Waals surface area contributed by atoms with Crippen LogP contribution in [0, 0.1) is 3.57 Å². The fraction of sp³-hybridized carbons (Fsp3) is 0.417. The summed E-state index contributed by atoms with van der Waals surface area (Å²) in [5.74, 6) is 0. The van der Waals surface area contributed by atoms with Crippen LogP contribution in [0.2, 0.25) is 5.15 Å². The van der Waals surface area contributed by atoms with E-state index in [0.29, 0.717) is 10.1 Å². The van der Waals surface area contributed by atoms with Crippen molar-refractivity contribution in [2.75, 3.05) is 0 Å². The minimum absolute atomic E-state index is 0.0202. The van der Waals surface area contributed by atoms with Crippen LogP contribution < -0.4 is 5.56 Å². The van der Waals surface area contributed by atoms with E-state index in [-0.39, 0.29) is 16.1 Å². The van der Waals surface area contributed by atoms with Crippen LogP contribution in [0.15, 0.2) is 16.5 Å². The summed E-state index contributed by atoms with van der Waals surface area (Å²) in [4.78, 5) is 20.6. The predicted octanol–water partition coefficient (Wildman–Crippen LogP) is 3.30. The zero-order chi connectivity index (χ0) is 14.2. The molecule has 2 aromatic heterocycles. The number of rotatable bonds is 2. The SMILES string of the molecule is CC(C)(C)c1csc(Cn2cnc(Cl)c(I)c2=O)n1. The Labute approximate surface area is 134 Å². The van der Waals surface area contributed by atoms with Crippen molar-refractivity contribution in [2.24, 2.45) is 0 Å². The fourth-order valence-electron chi connectivity index (χ4n) is 1.43. The highest BCUT2D eigenvalue weighted by Crippen LogP contribution is 2.24. The van der Waals surface area contributed by atoms with Gasteiger partial charge in [0.1, 0.15) is 13.7 Å². The molecule has 0 saturated heterocycles. The van der Waals surface area contributed by atoms with Gasteiger partial charge < -0.3 is 0 Å². The van der Waals surface area contributed by atoms with Crippen LogP contribution in [-0.2, 0) is 12.0 Å². The maximum Gasteiger partial charge on any atom is 0.268 e. The van der Waals surface area contributed by atoms with Crippen molar-refractivity contribution in [1.29, 1.82) is 0 Å². The maximum absolute atomic E-state index is 12.0. The second-order valence-corrected chi connectivity index (χ2v) is 7.54. The van der Waals surface area contributed by atoms with Gasteiger partial charge >= 0.3 is 0 Å². The molecule has 102 valence electrons. The molecular formula is C12H13ClIN3OS. The topological polar surface area (TPSA) is 47.8 Å². The third-order valence-electron chi connectivity index (χ3n) is 2.57. The highest BCUT2D eigenvalue weighted by molar-refractivity contribution is 14.1. The van der Waals surface area contributed by atoms with Gasteiger partial charge in [0.05, 0.1) is 18.6 Å². The Morgan fingerprint density at radius 1 is 1.47 bits per heavy atom. The Hall–Kier alpha value is -0.470. The molecular weight excluding hydrogens is 397 g/mol. The van der Waals surface area contributed by atoms with Crippen molar-refractivity contribution >= 4 is 45.5 Å². The number of hydrogen-bond donors (Lipinski definition) is 0. The molecule has 2 heterocycles. The first kappa shape index (κ1) is 14.9. The first-order chi connectivity index (χ1) is 8.79. The average Bonchev–Trinajstić information content (AvgIpc) is 2.78. The molecule has 0 amide bonds. The third kappa shape index (κ3) is 3.35. The van der Waals surface area contributed by atoms with Crippen LogP contribution >= 0.6 is 45.5 Å². The van der Waals surface area contributed by atoms with E-state index in [0.717, 1.165) is 10.7 Å². The molecule has 7 heteroatoms. The highest BCUT2D eigenvalue weighted by Gasteiger charge is 2.18. The molecule has 0 aromatic carbocycles. The molecule has 0 N–H and O–H groups in total. The van der Waals surface area contributed by atoms with Gasteiger partial charge in [0.15, 0.2) is 0 Å². The summed E-state index contributed by atoms with van der Waals surface area (Å²) in [6, 6.07) is 0. The second kappa shape index (κ2) is 5.49. The van der Waals surface area contributed by atoms with Crippen LogP contribution in [0.25, 0.3) is 0 Å². The van der Waals surface area contributed by atoms with Crippen LogP contribution in [-0.4, -0.2) is 14.5 Å². The van der Waals surface area contributed by atoms with Gasteiger partial charge in [-0.25, -0.2) is 9.97 Å². The van der Waals surface area contributed by atoms with E-state index in [4.69, 9.17) is 11.6 Å². The predicted molar refractivity (Wildman–Crippen MR) is 86.1 cm³/mol. The normalized spacial score (nSPS) is 11.8. The smallest absolute Gasteiger partial charge is 0.268 e. The van der Waals surface area contributed by atoms with Gasteiger partial charge in [0, 0.05) is 10.8 Å². The molecule has 0 aliphatic carbocycles. The summed E-state index contributed by atoms with van der Waals surface area (Å²) in [6.07, 6.45) is 1.46. The molecule has 0 saturated carbocycles. The molecule has 0 spiro atoms. The summed E-state index contributed by atoms with van der Waals surface area (Å²) in [6.45, 7) is 6.78. The zero-order valence-corrected chi connectivity index (χ0v) is 14.5. The Kier molecular flexibility index (Phi) is 4.32. The van der Waals surface area contributed by atoms with E-state index in [2.05, 4.69) is 30.7 Å². The van der Waals surface area contributed by atoms with Crippen molar-refractivity contribution in [1.82, 2.24) is 14.5 Å². The lowest BCUT2D eigenvalue weighted by Crippen LogP contribution is -2.23. The lowest BCUT2D eigenvalue weighted by molar-refractivity contribution is 0.569. The lowest BCUT2D eigenvalue weighted by atomic mass is 9.93. The zero-order valence-electron chi connectivity index (χ0n) is 10.8. The third-order valence-corrected chi connectivity index (χ3v) is 4.98. The van der Waals surface area contributed by atoms with E-state index in [1.807, 2.05) is 28.0 Å². The van der Waals surface area contributed by atoms with E-state index in [1.165, 1.54) is 10.9 Å². The Balaban J connectivity index is 2.30. The van der Waals surface area contributed by atoms with Crippen LogP contribution in [0.1, 0.15) is 31.5 Å². The summed E-state index contributed by atoms with van der Waals surface area (Å²) < 4.78 is 1.97. The van der Waals surface area contributed by atoms with E-state index in [9.17, 15) is 4.79 Å². The van der Waals surface area contributed by atoms with Gasteiger partial charge in [-0.05, 0) is 22.6 Å². The average molecular weight is 410 g/mol. The minimum atomic E-state index is -0.131. The number of hydrogen-bond acceptors (Lipinski definition) is 4. The monoisotopic (exact) mass is 409 g/mol. The largest absolute Gasteiger partial charge is 0.291 e. The van der Waals surface area contributed by atoms with Gasteiger partial charge in [-0.1, -0.05) is 32.4 Å². The van der Waals surface area contributed by atoms with Gasteiger partial charge in [0.2, 0.25) is 0 Å². The Morgan fingerprint density at radius 3 is 2.74 bits per heavy atom. The quantitative estimate of drug-likeness (QED) is 0.565. The van der Waals surface area contributed by atoms with Gasteiger partial charge in [-0.2, -0.15) is 0 Å². The van der Waals surface area contributed by atoms with Crippen LogP contribution in [0.3, 0.4) is 0 Å². The molecule has 0 bridgehead atoms. The second-order valence-electron chi connectivity index (χ2n) is 5.16. The van der Waals surface area contributed by atoms with Gasteiger partial charge in [-0.3, -0.25) is 9.36 Å². The molecule has 0 atom stereocenters. The fourth-order valence-corrected chi connectivity index (χ4v) is 3.02. The van der Waals surface area contributed by atoms with E-state index in [1.54, 1.807) is 11.3 Å². The van der Waals surface area contributed by atoms with Crippen molar-refractivity contribution in [2.45, 2.75) is 32.7 Å². The summed E-state index contributed by atoms with van der Waals surface area (Å²) in [7, 11) is 0. The number of halogens is 2. The molecule has 0 aliphatic heterocycles. The van der Waals surface area contributed by atoms with Crippen LogP contribution in [0.5, 0.6) is 0 Å². The van der Waals surface area contributed by atoms with E-state index >= 15 is 0 Å². The lowest BCUT2D eigenvalue weighted by Gasteiger charge is -2.14. The standard InChI is InChI=1S/C12H13ClIN3OS/c1-12(2,3)7-5-19-8(16-7)4-17-6-15-10(13)9(14)11(17)18/h5-6H,4H2,1-3H3. The first-order valence-corrected chi connectivity index (χ1v) is 7.98. The van der Waals surface area contributed by atoms with Crippen molar-refractivity contribution < 1.29 is 0 Å². The molecule has 4 nitrogen and oxygen atoms in total. The molecule has 0 fully saturated rings. The molecule has 0 unspecified atom stereocenters. The molecule has 2 rings (SSSR count). The van der Waals surface area contributed by atoms with E-state index < -0.39 is 0 Å². The molecule has 0 radical (unpaired) electrons. The maximum atomic E-state index is 12.0. The minimum Gasteiger partial charge on any atom is -0.291 e. The number of nitrogens with zero attached hydrogens (tertiary/aromatic N) is 3. The molecule has 19 heavy (non-hydrogen) atoms. The summed E-state index contributed by atoms with van der Waals surface area (Å²) in [5, 5.41) is 3.18. The van der Waals surface area contributed by atoms with Crippen molar-refractivity contribution in [3.63, 3.8) is 0 Å². The highest BCUT2D eigenvalue weighted by atomic mass is 127. The first-order valence-electron chi connectivity index (χ1n) is 5.64. The number of aromatic nitrogens is 3. The van der Waals surface area contributed by atoms with Gasteiger partial charge in [0.25, 0.3) is 5.56 Å². The van der Waals surface area contributed by atoms with Crippen molar-refractivity contribution in [3.05, 3.63) is 41.5 Å². The molecule has 2 aromatic rings. The summed E-state index contributed by atoms with van der Waals surface area (Å²) >= 11 is 9.27.